The zero-order valence-corrected chi connectivity index (χ0v) is 13.4. The van der Waals surface area contributed by atoms with Crippen LogP contribution in [0.25, 0.3) is 0 Å². The lowest BCUT2D eigenvalue weighted by Crippen LogP contribution is -2.17. The Kier molecular flexibility index (Phi) is 4.92. The fraction of sp³-hybridized carbons (Fsp3) is 0.154. The zero-order chi connectivity index (χ0) is 15.5. The number of sulfonamides is 1. The molecule has 0 unspecified atom stereocenters. The number of hydrogen-bond donors (Lipinski definition) is 2. The molecule has 0 spiro atoms. The minimum atomic E-state index is -3.82. The van der Waals surface area contributed by atoms with Crippen molar-refractivity contribution in [1.82, 2.24) is 4.98 Å². The number of hydrogen-bond acceptors (Lipinski definition) is 4. The van der Waals surface area contributed by atoms with Crippen LogP contribution in [-0.4, -0.2) is 19.9 Å². The molecule has 0 radical (unpaired) electrons. The minimum Gasteiger partial charge on any atom is -0.383 e. The smallest absolute Gasteiger partial charge is 0.281 e. The van der Waals surface area contributed by atoms with Crippen molar-refractivity contribution in [3.8, 4) is 0 Å². The summed E-state index contributed by atoms with van der Waals surface area (Å²) in [5.41, 5.74) is 0.755. The minimum absolute atomic E-state index is 0.0714. The van der Waals surface area contributed by atoms with E-state index in [1.807, 2.05) is 6.92 Å². The monoisotopic (exact) mass is 345 g/mol. The summed E-state index contributed by atoms with van der Waals surface area (Å²) < 4.78 is 27.2. The highest BCUT2D eigenvalue weighted by atomic mass is 35.5. The second-order valence-electron chi connectivity index (χ2n) is 4.12. The topological polar surface area (TPSA) is 71.1 Å². The molecular formula is C13H13Cl2N3O2S. The van der Waals surface area contributed by atoms with E-state index in [9.17, 15) is 8.42 Å². The van der Waals surface area contributed by atoms with Crippen molar-refractivity contribution in [2.75, 3.05) is 16.6 Å². The van der Waals surface area contributed by atoms with E-state index >= 15 is 0 Å². The van der Waals surface area contributed by atoms with Gasteiger partial charge in [-0.25, -0.2) is 4.98 Å². The van der Waals surface area contributed by atoms with Crippen molar-refractivity contribution in [1.29, 1.82) is 0 Å². The summed E-state index contributed by atoms with van der Waals surface area (Å²) in [5.74, 6) is 0. The third-order valence-electron chi connectivity index (χ3n) is 2.56. The lowest BCUT2D eigenvalue weighted by molar-refractivity contribution is 0.598. The predicted molar refractivity (Wildman–Crippen MR) is 85.7 cm³/mol. The SMILES string of the molecule is CCNc1cccnc1S(=O)(=O)Nc1ccc(Cl)c(Cl)c1. The number of halogens is 2. The molecule has 0 saturated carbocycles. The Bertz CT molecular complexity index is 751. The number of nitrogens with zero attached hydrogens (tertiary/aromatic N) is 1. The molecule has 0 fully saturated rings. The molecule has 112 valence electrons. The van der Waals surface area contributed by atoms with Gasteiger partial charge in [0.05, 0.1) is 21.4 Å². The third kappa shape index (κ3) is 3.78. The van der Waals surface area contributed by atoms with Gasteiger partial charge in [-0.15, -0.1) is 0 Å². The zero-order valence-electron chi connectivity index (χ0n) is 11.1. The van der Waals surface area contributed by atoms with Crippen molar-refractivity contribution in [3.05, 3.63) is 46.6 Å². The Labute approximate surface area is 133 Å². The van der Waals surface area contributed by atoms with Gasteiger partial charge in [0.2, 0.25) is 0 Å². The molecule has 2 aromatic rings. The molecule has 2 N–H and O–H groups in total. The van der Waals surface area contributed by atoms with Crippen LogP contribution in [0.2, 0.25) is 10.0 Å². The quantitative estimate of drug-likeness (QED) is 0.867. The fourth-order valence-electron chi connectivity index (χ4n) is 1.69. The van der Waals surface area contributed by atoms with Crippen molar-refractivity contribution in [2.24, 2.45) is 0 Å². The summed E-state index contributed by atoms with van der Waals surface area (Å²) in [6.07, 6.45) is 1.42. The van der Waals surface area contributed by atoms with Gasteiger partial charge in [0.15, 0.2) is 5.03 Å². The first-order chi connectivity index (χ1) is 9.94. The highest BCUT2D eigenvalue weighted by Crippen LogP contribution is 2.27. The molecule has 5 nitrogen and oxygen atoms in total. The molecule has 2 rings (SSSR count). The second kappa shape index (κ2) is 6.51. The van der Waals surface area contributed by atoms with Crippen LogP contribution in [0.4, 0.5) is 11.4 Å². The Balaban J connectivity index is 2.36. The molecule has 0 saturated heterocycles. The second-order valence-corrected chi connectivity index (χ2v) is 6.53. The van der Waals surface area contributed by atoms with Crippen molar-refractivity contribution >= 4 is 44.6 Å². The Hall–Kier alpha value is -1.50. The van der Waals surface area contributed by atoms with Gasteiger partial charge in [-0.05, 0) is 37.3 Å². The summed E-state index contributed by atoms with van der Waals surface area (Å²) in [5, 5.41) is 3.51. The summed E-state index contributed by atoms with van der Waals surface area (Å²) in [4.78, 5) is 3.93. The molecule has 0 bridgehead atoms. The first kappa shape index (κ1) is 15.9. The Morgan fingerprint density at radius 1 is 1.19 bits per heavy atom. The maximum atomic E-state index is 12.4. The number of rotatable bonds is 5. The van der Waals surface area contributed by atoms with Gasteiger partial charge >= 0.3 is 0 Å². The molecule has 8 heteroatoms. The highest BCUT2D eigenvalue weighted by Gasteiger charge is 2.20. The molecule has 0 aliphatic rings. The predicted octanol–water partition coefficient (Wildman–Crippen LogP) is 3.62. The van der Waals surface area contributed by atoms with Gasteiger partial charge in [-0.2, -0.15) is 8.42 Å². The lowest BCUT2D eigenvalue weighted by atomic mass is 10.3. The van der Waals surface area contributed by atoms with Crippen LogP contribution in [-0.2, 0) is 10.0 Å². The van der Waals surface area contributed by atoms with Gasteiger partial charge < -0.3 is 5.32 Å². The van der Waals surface area contributed by atoms with Crippen molar-refractivity contribution in [3.63, 3.8) is 0 Å². The van der Waals surface area contributed by atoms with Gasteiger partial charge in [-0.3, -0.25) is 4.72 Å². The van der Waals surface area contributed by atoms with Crippen molar-refractivity contribution in [2.45, 2.75) is 11.9 Å². The van der Waals surface area contributed by atoms with Crippen molar-refractivity contribution < 1.29 is 8.42 Å². The van der Waals surface area contributed by atoms with Crippen LogP contribution in [0.3, 0.4) is 0 Å². The molecule has 0 amide bonds. The lowest BCUT2D eigenvalue weighted by Gasteiger charge is -2.12. The van der Waals surface area contributed by atoms with Gasteiger partial charge in [0.1, 0.15) is 0 Å². The van der Waals surface area contributed by atoms with E-state index in [0.29, 0.717) is 22.9 Å². The molecular weight excluding hydrogens is 333 g/mol. The van der Waals surface area contributed by atoms with E-state index in [-0.39, 0.29) is 10.0 Å². The molecule has 0 aliphatic carbocycles. The van der Waals surface area contributed by atoms with Crippen LogP contribution in [0.5, 0.6) is 0 Å². The molecule has 0 aliphatic heterocycles. The largest absolute Gasteiger partial charge is 0.383 e. The first-order valence-corrected chi connectivity index (χ1v) is 8.34. The van der Waals surface area contributed by atoms with Crippen LogP contribution < -0.4 is 10.0 Å². The van der Waals surface area contributed by atoms with E-state index in [1.165, 1.54) is 24.4 Å². The summed E-state index contributed by atoms with van der Waals surface area (Å²) in [6.45, 7) is 2.46. The van der Waals surface area contributed by atoms with Gasteiger partial charge in [0.25, 0.3) is 10.0 Å². The first-order valence-electron chi connectivity index (χ1n) is 6.11. The normalized spacial score (nSPS) is 11.2. The van der Waals surface area contributed by atoms with Crippen LogP contribution >= 0.6 is 23.2 Å². The average molecular weight is 346 g/mol. The molecule has 1 aromatic heterocycles. The van der Waals surface area contributed by atoms with E-state index < -0.39 is 10.0 Å². The summed E-state index contributed by atoms with van der Waals surface area (Å²) in [7, 11) is -3.82. The number of benzene rings is 1. The number of nitrogens with one attached hydrogen (secondary N) is 2. The van der Waals surface area contributed by atoms with Crippen LogP contribution in [0, 0.1) is 0 Å². The standard InChI is InChI=1S/C13H13Cl2N3O2S/c1-2-16-12-4-3-7-17-13(12)21(19,20)18-9-5-6-10(14)11(15)8-9/h3-8,16,18H,2H2,1H3. The van der Waals surface area contributed by atoms with Gasteiger partial charge in [0, 0.05) is 12.7 Å². The Morgan fingerprint density at radius 3 is 2.62 bits per heavy atom. The maximum Gasteiger partial charge on any atom is 0.281 e. The van der Waals surface area contributed by atoms with Gasteiger partial charge in [-0.1, -0.05) is 23.2 Å². The number of anilines is 2. The molecule has 1 aromatic carbocycles. The summed E-state index contributed by atoms with van der Waals surface area (Å²) in [6, 6.07) is 7.81. The summed E-state index contributed by atoms with van der Waals surface area (Å²) >= 11 is 11.7. The Morgan fingerprint density at radius 2 is 1.95 bits per heavy atom. The molecule has 0 atom stereocenters. The molecule has 21 heavy (non-hydrogen) atoms. The fourth-order valence-corrected chi connectivity index (χ4v) is 3.15. The highest BCUT2D eigenvalue weighted by molar-refractivity contribution is 7.92. The number of pyridine rings is 1. The van der Waals surface area contributed by atoms with Crippen LogP contribution in [0.15, 0.2) is 41.6 Å². The molecule has 1 heterocycles. The maximum absolute atomic E-state index is 12.4. The van der Waals surface area contributed by atoms with E-state index in [1.54, 1.807) is 12.1 Å². The third-order valence-corrected chi connectivity index (χ3v) is 4.64. The van der Waals surface area contributed by atoms with Crippen LogP contribution in [0.1, 0.15) is 6.92 Å². The van der Waals surface area contributed by atoms with E-state index in [2.05, 4.69) is 15.0 Å². The van der Waals surface area contributed by atoms with E-state index in [0.717, 1.165) is 0 Å². The average Bonchev–Trinajstić information content (AvgIpc) is 2.43. The van der Waals surface area contributed by atoms with E-state index in [4.69, 9.17) is 23.2 Å². The number of aromatic nitrogens is 1.